The summed E-state index contributed by atoms with van der Waals surface area (Å²) in [7, 11) is 0. The molecule has 128 heavy (non-hydrogen) atoms. The molecule has 4 aromatic heterocycles. The second kappa shape index (κ2) is 52.5. The molecule has 8 rings (SSSR count). The lowest BCUT2D eigenvalue weighted by atomic mass is 9.86. The summed E-state index contributed by atoms with van der Waals surface area (Å²) in [4.78, 5) is 168. The summed E-state index contributed by atoms with van der Waals surface area (Å²) in [6.07, 6.45) is 4.22. The fourth-order valence-corrected chi connectivity index (χ4v) is 14.1. The molecule has 1 atom stereocenters. The van der Waals surface area contributed by atoms with E-state index in [-0.39, 0.29) is 74.5 Å². The van der Waals surface area contributed by atoms with Crippen LogP contribution in [0.1, 0.15) is 168 Å². The van der Waals surface area contributed by atoms with Gasteiger partial charge in [-0.15, -0.1) is 10.2 Å². The number of benzene rings is 4. The zero-order chi connectivity index (χ0) is 92.2. The van der Waals surface area contributed by atoms with Gasteiger partial charge in [0, 0.05) is 119 Å². The van der Waals surface area contributed by atoms with E-state index in [4.69, 9.17) is 25.2 Å². The molecule has 0 radical (unpaired) electrons. The number of hydrogen-bond donors (Lipinski definition) is 9. The first-order valence-corrected chi connectivity index (χ1v) is 43.4. The zero-order valence-corrected chi connectivity index (χ0v) is 73.2. The molecular weight excluding hydrogens is 1650 g/mol. The van der Waals surface area contributed by atoms with E-state index in [0.717, 1.165) is 115 Å². The summed E-state index contributed by atoms with van der Waals surface area (Å²) in [6, 6.07) is 46.5. The Morgan fingerprint density at radius 3 is 1.10 bits per heavy atom. The molecule has 0 fully saturated rings. The molecule has 0 spiro atoms. The Balaban J connectivity index is 0.705. The molecule has 10 N–H and O–H groups in total. The summed E-state index contributed by atoms with van der Waals surface area (Å²) >= 11 is 0. The van der Waals surface area contributed by atoms with Gasteiger partial charge in [-0.2, -0.15) is 0 Å². The van der Waals surface area contributed by atoms with Crippen LogP contribution < -0.4 is 36.5 Å². The van der Waals surface area contributed by atoms with Crippen LogP contribution in [0.5, 0.6) is 11.8 Å². The maximum absolute atomic E-state index is 14.0. The van der Waals surface area contributed by atoms with Gasteiger partial charge >= 0.3 is 23.9 Å². The van der Waals surface area contributed by atoms with Crippen LogP contribution in [0.25, 0.3) is 44.8 Å². The first-order valence-electron chi connectivity index (χ1n) is 43.4. The van der Waals surface area contributed by atoms with Crippen molar-refractivity contribution in [2.45, 2.75) is 186 Å². The Bertz CT molecular complexity index is 4810. The van der Waals surface area contributed by atoms with Crippen molar-refractivity contribution >= 4 is 71.1 Å². The minimum atomic E-state index is -1.62. The van der Waals surface area contributed by atoms with E-state index in [0.29, 0.717) is 63.7 Å². The summed E-state index contributed by atoms with van der Waals surface area (Å²) in [5.74, 6) is -8.59. The second-order valence-electron chi connectivity index (χ2n) is 32.4. The zero-order valence-electron chi connectivity index (χ0n) is 73.2. The predicted molar refractivity (Wildman–Crippen MR) is 472 cm³/mol. The van der Waals surface area contributed by atoms with Gasteiger partial charge in [-0.25, -0.2) is 19.3 Å². The van der Waals surface area contributed by atoms with Gasteiger partial charge in [0.05, 0.1) is 82.5 Å². The van der Waals surface area contributed by atoms with Crippen molar-refractivity contribution in [3.63, 3.8) is 0 Å². The topological polar surface area (TPSA) is 504 Å². The highest BCUT2D eigenvalue weighted by Crippen LogP contribution is 2.33. The molecule has 0 aliphatic heterocycles. The third kappa shape index (κ3) is 35.2. The van der Waals surface area contributed by atoms with Crippen LogP contribution in [0.2, 0.25) is 0 Å². The van der Waals surface area contributed by atoms with Gasteiger partial charge in [-0.3, -0.25) is 57.5 Å². The summed E-state index contributed by atoms with van der Waals surface area (Å²) < 4.78 is 16.0. The van der Waals surface area contributed by atoms with Gasteiger partial charge in [0.1, 0.15) is 0 Å². The fourth-order valence-electron chi connectivity index (χ4n) is 14.1. The van der Waals surface area contributed by atoms with Crippen molar-refractivity contribution in [3.8, 4) is 56.5 Å². The average molecular weight is 1770 g/mol. The van der Waals surface area contributed by atoms with Crippen molar-refractivity contribution in [1.29, 1.82) is 0 Å². The van der Waals surface area contributed by atoms with Crippen molar-refractivity contribution in [2.24, 2.45) is 5.73 Å². The lowest BCUT2D eigenvalue weighted by Crippen LogP contribution is -2.51. The Morgan fingerprint density at radius 1 is 0.383 bits per heavy atom. The van der Waals surface area contributed by atoms with E-state index in [1.807, 2.05) is 109 Å². The molecule has 0 bridgehead atoms. The predicted octanol–water partition coefficient (Wildman–Crippen LogP) is 7.78. The highest BCUT2D eigenvalue weighted by atomic mass is 16.5. The highest BCUT2D eigenvalue weighted by Gasteiger charge is 2.33. The van der Waals surface area contributed by atoms with Gasteiger partial charge in [-0.1, -0.05) is 149 Å². The minimum absolute atomic E-state index is 0.0324. The van der Waals surface area contributed by atoms with Gasteiger partial charge in [-0.05, 0) is 139 Å². The van der Waals surface area contributed by atoms with E-state index < -0.39 is 156 Å². The smallest absolute Gasteiger partial charge is 0.305 e. The molecule has 0 aliphatic rings. The maximum atomic E-state index is 14.0. The maximum Gasteiger partial charge on any atom is 0.305 e. The van der Waals surface area contributed by atoms with Crippen LogP contribution in [0.3, 0.4) is 0 Å². The molecule has 0 aliphatic carbocycles. The van der Waals surface area contributed by atoms with E-state index in [9.17, 15) is 78.0 Å². The molecule has 4 aromatic carbocycles. The van der Waals surface area contributed by atoms with Crippen molar-refractivity contribution < 1.29 is 87.4 Å². The van der Waals surface area contributed by atoms with Gasteiger partial charge < -0.3 is 76.5 Å². The number of hydrogen-bond acceptors (Lipinski definition) is 23. The highest BCUT2D eigenvalue weighted by molar-refractivity contribution is 5.92. The number of rotatable bonds is 60. The van der Waals surface area contributed by atoms with E-state index >= 15 is 0 Å². The van der Waals surface area contributed by atoms with E-state index in [1.54, 1.807) is 9.36 Å². The number of amides is 8. The number of carboxylic acid groups (broad SMARTS) is 4. The van der Waals surface area contributed by atoms with Gasteiger partial charge in [0.25, 0.3) is 0 Å². The largest absolute Gasteiger partial charge is 0.481 e. The van der Waals surface area contributed by atoms with Crippen LogP contribution in [-0.2, 0) is 81.5 Å². The lowest BCUT2D eigenvalue weighted by Gasteiger charge is -2.29. The molecule has 0 saturated heterocycles. The number of carbonyl (C=O) groups is 12. The molecular formula is C91H119N19O18. The Morgan fingerprint density at radius 2 is 0.727 bits per heavy atom. The van der Waals surface area contributed by atoms with Crippen LogP contribution >= 0.6 is 0 Å². The van der Waals surface area contributed by atoms with Crippen LogP contribution in [0.4, 0.5) is 0 Å². The van der Waals surface area contributed by atoms with Crippen molar-refractivity contribution in [1.82, 2.24) is 91.2 Å². The number of ether oxygens (including phenoxy) is 2. The SMILES string of the molecule is CC(C)(CCCCOc1cc(-c2ccccc2)cc(-c2ccccc2)n1)c1nnnn1CCCCC(=O)NCCCNC(=O)CN(CCC(=O)O)C(=O)CN(CCC(=O)O)C(=O)CC[C@H](N)C(=O)N(CCC(=O)O)CC(=O)N(CCC(=O)O)CC(=O)NCCCNC(=O)CCCCn1nnnc1C(C)(C)CCCCOc1cc(-c2ccccc2)cc(-c2ccccc2)n1. The van der Waals surface area contributed by atoms with Gasteiger partial charge in [0.15, 0.2) is 11.6 Å². The molecule has 8 aromatic rings. The van der Waals surface area contributed by atoms with Crippen molar-refractivity contribution in [3.05, 3.63) is 157 Å². The average Bonchev–Trinajstić information content (AvgIpc) is 1.58. The number of nitrogens with zero attached hydrogens (tertiary/aromatic N) is 14. The minimum Gasteiger partial charge on any atom is -0.481 e. The standard InChI is InChI=1S/C91H119N19O18/c1-90(2,43-19-23-55-127-78-59-69(65-27-9-5-10-28-65)57-72(97-78)67-31-13-7-14-32-67)88-99-101-103-109(88)49-21-17-35-74(111)93-45-25-47-95-76(113)61-105(51-39-83(118)119)81(116)63-107(53-41-85(122)123)80(115)38-37-71(92)87(126)108(54-42-86(124)125)64-82(117)106(52-40-84(120)121)62-77(114)96-48-26-46-94-75(112)36-18-22-50-110-89(100-102-104-110)91(3,4)44-20-24-56-128-79-60-70(66-29-11-6-12-30-66)58-73(98-79)68-33-15-8-16-34-68/h5-16,27-34,57-60,71H,17-26,35-56,61-64,92H2,1-4H3,(H,93,111)(H,94,112)(H,95,113)(H,96,114)(H,118,119)(H,120,121)(H,122,123)(H,124,125)/t71-/m0/s1. The number of tetrazole rings is 2. The molecule has 686 valence electrons. The Labute approximate surface area is 743 Å². The number of aromatic nitrogens is 10. The Hall–Kier alpha value is -13.5. The van der Waals surface area contributed by atoms with Gasteiger partial charge in [0.2, 0.25) is 59.0 Å². The summed E-state index contributed by atoms with van der Waals surface area (Å²) in [5.41, 5.74) is 13.3. The number of aryl methyl sites for hydroxylation is 2. The van der Waals surface area contributed by atoms with Crippen LogP contribution in [0, 0.1) is 0 Å². The van der Waals surface area contributed by atoms with E-state index in [1.165, 1.54) is 0 Å². The normalized spacial score (nSPS) is 11.5. The number of nitrogens with two attached hydrogens (primary N) is 1. The molecule has 8 amide bonds. The molecule has 0 saturated carbocycles. The number of carbonyl (C=O) groups excluding carboxylic acids is 8. The summed E-state index contributed by atoms with van der Waals surface area (Å²) in [5, 5.41) is 74.2. The number of nitrogens with one attached hydrogen (secondary N) is 4. The molecule has 4 heterocycles. The molecule has 37 nitrogen and oxygen atoms in total. The monoisotopic (exact) mass is 1770 g/mol. The van der Waals surface area contributed by atoms with Crippen molar-refractivity contribution in [2.75, 3.05) is 91.8 Å². The molecule has 37 heteroatoms. The second-order valence-corrected chi connectivity index (χ2v) is 32.4. The van der Waals surface area contributed by atoms with Crippen LogP contribution in [0.15, 0.2) is 146 Å². The lowest BCUT2D eigenvalue weighted by molar-refractivity contribution is -0.146. The first-order chi connectivity index (χ1) is 61.5. The molecule has 0 unspecified atom stereocenters. The quantitative estimate of drug-likeness (QED) is 0.0164. The third-order valence-corrected chi connectivity index (χ3v) is 21.2. The third-order valence-electron chi connectivity index (χ3n) is 21.2. The van der Waals surface area contributed by atoms with Crippen LogP contribution in [-0.4, -0.2) is 259 Å². The Kier molecular flexibility index (Phi) is 41.0. The first kappa shape index (κ1) is 99.9. The number of unbranched alkanes of at least 4 members (excludes halogenated alkanes) is 4. The number of carboxylic acids is 4. The number of pyridine rings is 2. The van der Waals surface area contributed by atoms with E-state index in [2.05, 4.69) is 116 Å². The summed E-state index contributed by atoms with van der Waals surface area (Å²) in [6.45, 7) is 5.43. The number of aliphatic carboxylic acids is 4. The fraction of sp³-hybridized carbons (Fsp3) is 0.473.